The lowest BCUT2D eigenvalue weighted by atomic mass is 10.2. The van der Waals surface area contributed by atoms with Crippen LogP contribution in [0.25, 0.3) is 11.0 Å². The van der Waals surface area contributed by atoms with E-state index in [-0.39, 0.29) is 5.91 Å². The SMILES string of the molecule is O=C(Nc1c(Cl)ccc2nsnc12)c1cscn1. The summed E-state index contributed by atoms with van der Waals surface area (Å²) in [6, 6.07) is 3.45. The van der Waals surface area contributed by atoms with Crippen molar-refractivity contribution < 1.29 is 4.79 Å². The van der Waals surface area contributed by atoms with Crippen LogP contribution in [0.5, 0.6) is 0 Å². The Morgan fingerprint density at radius 1 is 1.33 bits per heavy atom. The first-order chi connectivity index (χ1) is 8.75. The van der Waals surface area contributed by atoms with Crippen LogP contribution >= 0.6 is 34.7 Å². The van der Waals surface area contributed by atoms with Gasteiger partial charge in [-0.25, -0.2) is 4.98 Å². The van der Waals surface area contributed by atoms with E-state index in [1.54, 1.807) is 23.0 Å². The number of rotatable bonds is 2. The standard InChI is InChI=1S/C10H5ClN4OS2/c11-5-1-2-6-9(15-18-14-6)8(5)13-10(16)7-3-17-4-12-7/h1-4H,(H,13,16). The number of aromatic nitrogens is 3. The molecule has 0 aliphatic rings. The lowest BCUT2D eigenvalue weighted by Gasteiger charge is -2.05. The van der Waals surface area contributed by atoms with E-state index in [0.717, 1.165) is 11.7 Å². The molecule has 0 aliphatic carbocycles. The van der Waals surface area contributed by atoms with Gasteiger partial charge in [0.1, 0.15) is 16.7 Å². The predicted octanol–water partition coefficient (Wildman–Crippen LogP) is 3.05. The molecule has 2 heterocycles. The van der Waals surface area contributed by atoms with Gasteiger partial charge in [-0.05, 0) is 12.1 Å². The van der Waals surface area contributed by atoms with E-state index in [1.807, 2.05) is 0 Å². The Bertz CT molecular complexity index is 710. The molecular formula is C10H5ClN4OS2. The van der Waals surface area contributed by atoms with Crippen LogP contribution in [-0.4, -0.2) is 19.6 Å². The zero-order valence-corrected chi connectivity index (χ0v) is 11.1. The Morgan fingerprint density at radius 3 is 3.00 bits per heavy atom. The fourth-order valence-electron chi connectivity index (χ4n) is 1.45. The number of hydrogen-bond donors (Lipinski definition) is 1. The molecule has 0 saturated heterocycles. The first-order valence-electron chi connectivity index (χ1n) is 4.86. The number of nitrogens with zero attached hydrogens (tertiary/aromatic N) is 3. The van der Waals surface area contributed by atoms with E-state index in [2.05, 4.69) is 19.0 Å². The van der Waals surface area contributed by atoms with Gasteiger partial charge < -0.3 is 5.32 Å². The molecule has 90 valence electrons. The maximum atomic E-state index is 11.9. The lowest BCUT2D eigenvalue weighted by Crippen LogP contribution is -2.12. The number of carbonyl (C=O) groups is 1. The van der Waals surface area contributed by atoms with Gasteiger partial charge in [0, 0.05) is 5.38 Å². The number of anilines is 1. The first-order valence-corrected chi connectivity index (χ1v) is 6.91. The molecule has 3 aromatic rings. The molecule has 0 radical (unpaired) electrons. The highest BCUT2D eigenvalue weighted by molar-refractivity contribution is 7.07. The summed E-state index contributed by atoms with van der Waals surface area (Å²) in [7, 11) is 0. The van der Waals surface area contributed by atoms with Gasteiger partial charge in [0.25, 0.3) is 5.91 Å². The molecule has 3 rings (SSSR count). The van der Waals surface area contributed by atoms with E-state index in [9.17, 15) is 4.79 Å². The van der Waals surface area contributed by atoms with Crippen LogP contribution in [-0.2, 0) is 0 Å². The highest BCUT2D eigenvalue weighted by Crippen LogP contribution is 2.30. The van der Waals surface area contributed by atoms with Gasteiger partial charge in [0.05, 0.1) is 27.9 Å². The summed E-state index contributed by atoms with van der Waals surface area (Å²) in [6.45, 7) is 0. The molecule has 8 heteroatoms. The molecule has 5 nitrogen and oxygen atoms in total. The van der Waals surface area contributed by atoms with Crippen molar-refractivity contribution >= 4 is 57.3 Å². The van der Waals surface area contributed by atoms with Gasteiger partial charge in [0.15, 0.2) is 0 Å². The van der Waals surface area contributed by atoms with Crippen LogP contribution in [0.2, 0.25) is 5.02 Å². The summed E-state index contributed by atoms with van der Waals surface area (Å²) in [5.74, 6) is -0.307. The third-order valence-electron chi connectivity index (χ3n) is 2.28. The van der Waals surface area contributed by atoms with Gasteiger partial charge in [0.2, 0.25) is 0 Å². The molecule has 1 N–H and O–H groups in total. The summed E-state index contributed by atoms with van der Waals surface area (Å²) in [5.41, 5.74) is 3.73. The minimum absolute atomic E-state index is 0.307. The minimum atomic E-state index is -0.307. The maximum Gasteiger partial charge on any atom is 0.275 e. The van der Waals surface area contributed by atoms with Crippen molar-refractivity contribution in [1.82, 2.24) is 13.7 Å². The quantitative estimate of drug-likeness (QED) is 0.789. The van der Waals surface area contributed by atoms with E-state index in [4.69, 9.17) is 11.6 Å². The van der Waals surface area contributed by atoms with Crippen molar-refractivity contribution in [3.05, 3.63) is 33.7 Å². The Kier molecular flexibility index (Phi) is 2.94. The molecule has 0 atom stereocenters. The molecule has 0 saturated carbocycles. The average molecular weight is 297 g/mol. The van der Waals surface area contributed by atoms with Crippen molar-refractivity contribution in [2.24, 2.45) is 0 Å². The summed E-state index contributed by atoms with van der Waals surface area (Å²) in [6.07, 6.45) is 0. The molecule has 1 aromatic carbocycles. The Labute approximate surface area is 115 Å². The summed E-state index contributed by atoms with van der Waals surface area (Å²) in [5, 5.41) is 4.82. The van der Waals surface area contributed by atoms with Crippen LogP contribution in [0.4, 0.5) is 5.69 Å². The van der Waals surface area contributed by atoms with Crippen molar-refractivity contribution in [2.45, 2.75) is 0 Å². The maximum absolute atomic E-state index is 11.9. The van der Waals surface area contributed by atoms with Gasteiger partial charge in [-0.3, -0.25) is 4.79 Å². The third kappa shape index (κ3) is 1.96. The third-order valence-corrected chi connectivity index (χ3v) is 3.72. The fraction of sp³-hybridized carbons (Fsp3) is 0. The average Bonchev–Trinajstić information content (AvgIpc) is 3.02. The van der Waals surface area contributed by atoms with Gasteiger partial charge >= 0.3 is 0 Å². The van der Waals surface area contributed by atoms with E-state index in [0.29, 0.717) is 27.4 Å². The molecule has 0 unspecified atom stereocenters. The Hall–Kier alpha value is -1.57. The molecular weight excluding hydrogens is 292 g/mol. The highest BCUT2D eigenvalue weighted by atomic mass is 35.5. The zero-order chi connectivity index (χ0) is 12.5. The van der Waals surface area contributed by atoms with Gasteiger partial charge in [-0.1, -0.05) is 11.6 Å². The predicted molar refractivity (Wildman–Crippen MR) is 72.5 cm³/mol. The second-order valence-electron chi connectivity index (χ2n) is 3.38. The van der Waals surface area contributed by atoms with Crippen molar-refractivity contribution in [3.8, 4) is 0 Å². The largest absolute Gasteiger partial charge is 0.317 e. The van der Waals surface area contributed by atoms with Gasteiger partial charge in [-0.2, -0.15) is 8.75 Å². The number of fused-ring (bicyclic) bond motifs is 1. The normalized spacial score (nSPS) is 10.7. The van der Waals surface area contributed by atoms with E-state index < -0.39 is 0 Å². The molecule has 1 amide bonds. The molecule has 2 aromatic heterocycles. The number of nitrogens with one attached hydrogen (secondary N) is 1. The number of thiazole rings is 1. The van der Waals surface area contributed by atoms with Crippen LogP contribution in [0, 0.1) is 0 Å². The topological polar surface area (TPSA) is 67.8 Å². The second kappa shape index (κ2) is 4.60. The Balaban J connectivity index is 2.02. The molecule has 18 heavy (non-hydrogen) atoms. The van der Waals surface area contributed by atoms with Gasteiger partial charge in [-0.15, -0.1) is 11.3 Å². The molecule has 0 spiro atoms. The first kappa shape index (κ1) is 11.5. The number of amides is 1. The summed E-state index contributed by atoms with van der Waals surface area (Å²) < 4.78 is 8.23. The number of carbonyl (C=O) groups excluding carboxylic acids is 1. The minimum Gasteiger partial charge on any atom is -0.317 e. The molecule has 0 fully saturated rings. The molecule has 0 aliphatic heterocycles. The summed E-state index contributed by atoms with van der Waals surface area (Å²) >= 11 is 8.50. The lowest BCUT2D eigenvalue weighted by molar-refractivity contribution is 0.102. The van der Waals surface area contributed by atoms with Crippen LogP contribution in [0.15, 0.2) is 23.0 Å². The van der Waals surface area contributed by atoms with E-state index >= 15 is 0 Å². The number of halogens is 1. The zero-order valence-electron chi connectivity index (χ0n) is 8.75. The van der Waals surface area contributed by atoms with Crippen molar-refractivity contribution in [2.75, 3.05) is 5.32 Å². The fourth-order valence-corrected chi connectivity index (χ4v) is 2.72. The van der Waals surface area contributed by atoms with Crippen molar-refractivity contribution in [1.29, 1.82) is 0 Å². The van der Waals surface area contributed by atoms with E-state index in [1.165, 1.54) is 11.3 Å². The Morgan fingerprint density at radius 2 is 2.22 bits per heavy atom. The number of hydrogen-bond acceptors (Lipinski definition) is 6. The van der Waals surface area contributed by atoms with Crippen molar-refractivity contribution in [3.63, 3.8) is 0 Å². The molecule has 0 bridgehead atoms. The van der Waals surface area contributed by atoms with Crippen LogP contribution in [0.3, 0.4) is 0 Å². The summed E-state index contributed by atoms with van der Waals surface area (Å²) in [4.78, 5) is 15.9. The van der Waals surface area contributed by atoms with Crippen LogP contribution in [0.1, 0.15) is 10.5 Å². The second-order valence-corrected chi connectivity index (χ2v) is 5.04. The monoisotopic (exact) mass is 296 g/mol. The highest BCUT2D eigenvalue weighted by Gasteiger charge is 2.14. The smallest absolute Gasteiger partial charge is 0.275 e. The number of benzene rings is 1. The van der Waals surface area contributed by atoms with Crippen LogP contribution < -0.4 is 5.32 Å².